The van der Waals surface area contributed by atoms with E-state index >= 15 is 0 Å². The molecule has 2 N–H and O–H groups in total. The van der Waals surface area contributed by atoms with Crippen molar-refractivity contribution in [2.24, 2.45) is 18.0 Å². The summed E-state index contributed by atoms with van der Waals surface area (Å²) in [5.74, 6) is 1.54. The van der Waals surface area contributed by atoms with Crippen LogP contribution < -0.4 is 10.6 Å². The molecule has 0 saturated carbocycles. The first-order valence-corrected chi connectivity index (χ1v) is 9.47. The van der Waals surface area contributed by atoms with Crippen LogP contribution in [0.2, 0.25) is 10.2 Å². The van der Waals surface area contributed by atoms with E-state index in [-0.39, 0.29) is 24.0 Å². The summed E-state index contributed by atoms with van der Waals surface area (Å²) in [6.07, 6.45) is 3.76. The van der Waals surface area contributed by atoms with E-state index in [9.17, 15) is 0 Å². The number of aromatic nitrogens is 1. The monoisotopic (exact) mass is 501 g/mol. The Hall–Kier alpha value is -0.180. The number of hydrogen-bond acceptors (Lipinski definition) is 2. The van der Waals surface area contributed by atoms with Crippen molar-refractivity contribution in [2.75, 3.05) is 33.2 Å². The van der Waals surface area contributed by atoms with Gasteiger partial charge < -0.3 is 20.1 Å². The second kappa shape index (κ2) is 11.5. The number of nitrogens with zero attached hydrogens (tertiary/aromatic N) is 3. The Bertz CT molecular complexity index is 553. The number of aliphatic imine (C=N–C) groups is 1. The van der Waals surface area contributed by atoms with E-state index in [1.165, 1.54) is 38.9 Å². The summed E-state index contributed by atoms with van der Waals surface area (Å²) in [5, 5.41) is 7.91. The van der Waals surface area contributed by atoms with Gasteiger partial charge in [0.1, 0.15) is 5.15 Å². The number of halogens is 3. The summed E-state index contributed by atoms with van der Waals surface area (Å²) in [4.78, 5) is 6.86. The molecule has 0 spiro atoms. The van der Waals surface area contributed by atoms with E-state index < -0.39 is 0 Å². The Morgan fingerprint density at radius 2 is 1.96 bits per heavy atom. The van der Waals surface area contributed by atoms with Crippen molar-refractivity contribution in [3.63, 3.8) is 0 Å². The summed E-state index contributed by atoms with van der Waals surface area (Å²) in [6.45, 7) is 7.51. The van der Waals surface area contributed by atoms with Gasteiger partial charge in [-0.05, 0) is 50.9 Å². The van der Waals surface area contributed by atoms with Gasteiger partial charge in [-0.3, -0.25) is 4.99 Å². The van der Waals surface area contributed by atoms with Gasteiger partial charge in [0.05, 0.1) is 11.6 Å². The molecule has 1 aliphatic heterocycles. The first-order valence-electron chi connectivity index (χ1n) is 8.71. The normalized spacial score (nSPS) is 16.6. The number of rotatable bonds is 6. The second-order valence-electron chi connectivity index (χ2n) is 6.43. The Labute approximate surface area is 178 Å². The maximum atomic E-state index is 6.10. The predicted molar refractivity (Wildman–Crippen MR) is 119 cm³/mol. The van der Waals surface area contributed by atoms with Gasteiger partial charge >= 0.3 is 0 Å². The van der Waals surface area contributed by atoms with Crippen molar-refractivity contribution in [1.82, 2.24) is 20.1 Å². The minimum Gasteiger partial charge on any atom is -0.356 e. The lowest BCUT2D eigenvalue weighted by molar-refractivity contribution is 0.185. The van der Waals surface area contributed by atoms with Crippen LogP contribution in [-0.2, 0) is 13.6 Å². The molecule has 1 aromatic rings. The third-order valence-electron chi connectivity index (χ3n) is 4.68. The largest absolute Gasteiger partial charge is 0.356 e. The van der Waals surface area contributed by atoms with E-state index in [1.54, 1.807) is 7.05 Å². The van der Waals surface area contributed by atoms with Crippen LogP contribution in [0.1, 0.15) is 31.9 Å². The molecule has 144 valence electrons. The Balaban J connectivity index is 0.00000312. The molecule has 2 heterocycles. The van der Waals surface area contributed by atoms with E-state index in [2.05, 4.69) is 27.4 Å². The SMILES string of the molecule is CCCN1CCC(CNC(=NC)NCc2cc(Cl)c(Cl)n2C)CC1.I. The predicted octanol–water partition coefficient (Wildman–Crippen LogP) is 3.74. The van der Waals surface area contributed by atoms with Gasteiger partial charge in [0.2, 0.25) is 0 Å². The molecule has 0 bridgehead atoms. The number of guanidine groups is 1. The summed E-state index contributed by atoms with van der Waals surface area (Å²) >= 11 is 12.1. The molecule has 25 heavy (non-hydrogen) atoms. The Morgan fingerprint density at radius 1 is 1.28 bits per heavy atom. The molecule has 0 unspecified atom stereocenters. The molecule has 0 atom stereocenters. The fourth-order valence-corrected chi connectivity index (χ4v) is 3.54. The average molecular weight is 502 g/mol. The van der Waals surface area contributed by atoms with E-state index in [1.807, 2.05) is 17.7 Å². The van der Waals surface area contributed by atoms with E-state index in [0.717, 1.165) is 24.1 Å². The quantitative estimate of drug-likeness (QED) is 0.354. The van der Waals surface area contributed by atoms with Gasteiger partial charge in [0.15, 0.2) is 5.96 Å². The summed E-state index contributed by atoms with van der Waals surface area (Å²) in [6, 6.07) is 1.88. The second-order valence-corrected chi connectivity index (χ2v) is 7.19. The minimum absolute atomic E-state index is 0. The summed E-state index contributed by atoms with van der Waals surface area (Å²) in [5.41, 5.74) is 1.03. The van der Waals surface area contributed by atoms with E-state index in [4.69, 9.17) is 23.2 Å². The highest BCUT2D eigenvalue weighted by atomic mass is 127. The topological polar surface area (TPSA) is 44.6 Å². The fourth-order valence-electron chi connectivity index (χ4n) is 3.12. The lowest BCUT2D eigenvalue weighted by atomic mass is 9.97. The number of nitrogens with one attached hydrogen (secondary N) is 2. The van der Waals surface area contributed by atoms with Gasteiger partial charge in [0.25, 0.3) is 0 Å². The highest BCUT2D eigenvalue weighted by Gasteiger charge is 2.18. The van der Waals surface area contributed by atoms with Gasteiger partial charge in [-0.2, -0.15) is 0 Å². The third kappa shape index (κ3) is 6.81. The summed E-state index contributed by atoms with van der Waals surface area (Å²) < 4.78 is 1.88. The van der Waals surface area contributed by atoms with Crippen LogP contribution >= 0.6 is 47.2 Å². The Morgan fingerprint density at radius 3 is 2.48 bits per heavy atom. The van der Waals surface area contributed by atoms with Crippen LogP contribution in [0.15, 0.2) is 11.1 Å². The molecule has 1 fully saturated rings. The van der Waals surface area contributed by atoms with E-state index in [0.29, 0.717) is 16.7 Å². The minimum atomic E-state index is 0. The highest BCUT2D eigenvalue weighted by Crippen LogP contribution is 2.24. The van der Waals surface area contributed by atoms with Crippen molar-refractivity contribution in [3.05, 3.63) is 21.9 Å². The third-order valence-corrected chi connectivity index (χ3v) is 5.52. The van der Waals surface area contributed by atoms with Crippen molar-refractivity contribution >= 4 is 53.1 Å². The lowest BCUT2D eigenvalue weighted by Gasteiger charge is -2.32. The van der Waals surface area contributed by atoms with Gasteiger partial charge in [-0.25, -0.2) is 0 Å². The van der Waals surface area contributed by atoms with Crippen LogP contribution in [0.5, 0.6) is 0 Å². The van der Waals surface area contributed by atoms with Gasteiger partial charge in [-0.15, -0.1) is 24.0 Å². The van der Waals surface area contributed by atoms with Crippen molar-refractivity contribution < 1.29 is 0 Å². The number of likely N-dealkylation sites (tertiary alicyclic amines) is 1. The van der Waals surface area contributed by atoms with Crippen LogP contribution in [0.25, 0.3) is 0 Å². The molecule has 0 radical (unpaired) electrons. The van der Waals surface area contributed by atoms with Gasteiger partial charge in [-0.1, -0.05) is 30.1 Å². The fraction of sp³-hybridized carbons (Fsp3) is 0.706. The molecule has 5 nitrogen and oxygen atoms in total. The first kappa shape index (κ1) is 22.9. The molecule has 1 aliphatic rings. The first-order chi connectivity index (χ1) is 11.5. The van der Waals surface area contributed by atoms with Crippen molar-refractivity contribution in [3.8, 4) is 0 Å². The summed E-state index contributed by atoms with van der Waals surface area (Å²) in [7, 11) is 3.70. The zero-order chi connectivity index (χ0) is 17.5. The lowest BCUT2D eigenvalue weighted by Crippen LogP contribution is -2.42. The smallest absolute Gasteiger partial charge is 0.191 e. The Kier molecular flexibility index (Phi) is 10.5. The highest BCUT2D eigenvalue weighted by molar-refractivity contribution is 14.0. The zero-order valence-electron chi connectivity index (χ0n) is 15.3. The average Bonchev–Trinajstić information content (AvgIpc) is 2.84. The van der Waals surface area contributed by atoms with Crippen LogP contribution in [0.4, 0.5) is 0 Å². The molecule has 8 heteroatoms. The van der Waals surface area contributed by atoms with Crippen molar-refractivity contribution in [2.45, 2.75) is 32.7 Å². The number of hydrogen-bond donors (Lipinski definition) is 2. The molecule has 1 aromatic heterocycles. The molecule has 2 rings (SSSR count). The number of piperidine rings is 1. The molecule has 0 aromatic carbocycles. The molecular weight excluding hydrogens is 472 g/mol. The molecular formula is C17H30Cl2IN5. The van der Waals surface area contributed by atoms with Crippen molar-refractivity contribution in [1.29, 1.82) is 0 Å². The van der Waals surface area contributed by atoms with Gasteiger partial charge in [0, 0.05) is 26.3 Å². The maximum Gasteiger partial charge on any atom is 0.191 e. The molecule has 1 saturated heterocycles. The van der Waals surface area contributed by atoms with Crippen LogP contribution in [0.3, 0.4) is 0 Å². The van der Waals surface area contributed by atoms with Crippen LogP contribution in [-0.4, -0.2) is 48.7 Å². The zero-order valence-corrected chi connectivity index (χ0v) is 19.2. The maximum absolute atomic E-state index is 6.10. The standard InChI is InChI=1S/C17H29Cl2N5.HI/c1-4-7-24-8-5-13(6-9-24)11-21-17(20-2)22-12-14-10-15(18)16(19)23(14)3;/h10,13H,4-9,11-12H2,1-3H3,(H2,20,21,22);1H. The molecule has 0 amide bonds. The van der Waals surface area contributed by atoms with Crippen LogP contribution in [0, 0.1) is 5.92 Å². The molecule has 0 aliphatic carbocycles.